The normalized spacial score (nSPS) is 20.4. The molecule has 0 radical (unpaired) electrons. The summed E-state index contributed by atoms with van der Waals surface area (Å²) in [5, 5.41) is 15.2. The van der Waals surface area contributed by atoms with Crippen LogP contribution in [-0.2, 0) is 11.3 Å². The van der Waals surface area contributed by atoms with Gasteiger partial charge in [-0.2, -0.15) is 0 Å². The van der Waals surface area contributed by atoms with Crippen molar-refractivity contribution in [1.29, 1.82) is 0 Å². The van der Waals surface area contributed by atoms with Gasteiger partial charge in [-0.3, -0.25) is 0 Å². The largest absolute Gasteiger partial charge is 0.409 e. The first-order valence-corrected chi connectivity index (χ1v) is 6.69. The number of amidine groups is 1. The third kappa shape index (κ3) is 3.94. The molecule has 1 unspecified atom stereocenters. The molecule has 1 heterocycles. The quantitative estimate of drug-likeness (QED) is 0.325. The van der Waals surface area contributed by atoms with Crippen LogP contribution < -0.4 is 11.1 Å². The van der Waals surface area contributed by atoms with E-state index in [0.29, 0.717) is 12.6 Å². The van der Waals surface area contributed by atoms with E-state index in [-0.39, 0.29) is 5.84 Å². The van der Waals surface area contributed by atoms with Gasteiger partial charge in [0.1, 0.15) is 0 Å². The van der Waals surface area contributed by atoms with Crippen LogP contribution >= 0.6 is 0 Å². The molecule has 1 fully saturated rings. The van der Waals surface area contributed by atoms with Crippen LogP contribution in [0, 0.1) is 0 Å². The zero-order valence-corrected chi connectivity index (χ0v) is 11.0. The summed E-state index contributed by atoms with van der Waals surface area (Å²) in [7, 11) is 0. The second-order valence-corrected chi connectivity index (χ2v) is 4.76. The fourth-order valence-corrected chi connectivity index (χ4v) is 2.31. The third-order valence-electron chi connectivity index (χ3n) is 3.36. The first-order valence-electron chi connectivity index (χ1n) is 6.69. The van der Waals surface area contributed by atoms with Crippen molar-refractivity contribution in [2.75, 3.05) is 13.2 Å². The molecule has 0 saturated carbocycles. The van der Waals surface area contributed by atoms with E-state index in [1.165, 1.54) is 12.8 Å². The van der Waals surface area contributed by atoms with Gasteiger partial charge < -0.3 is 21.0 Å². The zero-order valence-electron chi connectivity index (χ0n) is 11.0. The van der Waals surface area contributed by atoms with Crippen molar-refractivity contribution in [2.24, 2.45) is 10.9 Å². The second kappa shape index (κ2) is 7.11. The molecule has 0 bridgehead atoms. The van der Waals surface area contributed by atoms with E-state index in [1.54, 1.807) is 0 Å². The van der Waals surface area contributed by atoms with Gasteiger partial charge in [-0.15, -0.1) is 0 Å². The average Bonchev–Trinajstić information content (AvgIpc) is 2.48. The number of nitrogens with one attached hydrogen (secondary N) is 1. The number of hydrogen-bond donors (Lipinski definition) is 3. The van der Waals surface area contributed by atoms with Crippen molar-refractivity contribution in [3.63, 3.8) is 0 Å². The molecular weight excluding hydrogens is 242 g/mol. The number of nitrogens with zero attached hydrogens (tertiary/aromatic N) is 1. The van der Waals surface area contributed by atoms with Gasteiger partial charge in [0.2, 0.25) is 0 Å². The molecule has 1 aromatic carbocycles. The van der Waals surface area contributed by atoms with E-state index in [4.69, 9.17) is 15.7 Å². The Labute approximate surface area is 113 Å². The Hall–Kier alpha value is -1.59. The lowest BCUT2D eigenvalue weighted by Gasteiger charge is -2.23. The Balaban J connectivity index is 1.88. The number of ether oxygens (including phenoxy) is 1. The maximum absolute atomic E-state index is 8.76. The molecule has 1 aliphatic heterocycles. The highest BCUT2D eigenvalue weighted by molar-refractivity contribution is 5.98. The minimum Gasteiger partial charge on any atom is -0.409 e. The van der Waals surface area contributed by atoms with Gasteiger partial charge in [0.25, 0.3) is 0 Å². The minimum atomic E-state index is 0.145. The molecule has 1 aliphatic rings. The molecule has 104 valence electrons. The summed E-state index contributed by atoms with van der Waals surface area (Å²) in [6.07, 6.45) is 3.84. The highest BCUT2D eigenvalue weighted by atomic mass is 16.5. The van der Waals surface area contributed by atoms with Gasteiger partial charge in [0.05, 0.1) is 6.10 Å². The lowest BCUT2D eigenvalue weighted by Crippen LogP contribution is -2.32. The zero-order chi connectivity index (χ0) is 13.5. The molecule has 5 heteroatoms. The molecule has 1 aromatic rings. The Bertz CT molecular complexity index is 428. The van der Waals surface area contributed by atoms with Gasteiger partial charge in [0.15, 0.2) is 5.84 Å². The van der Waals surface area contributed by atoms with Crippen LogP contribution in [0.1, 0.15) is 30.4 Å². The van der Waals surface area contributed by atoms with Crippen LogP contribution in [0.3, 0.4) is 0 Å². The van der Waals surface area contributed by atoms with Crippen molar-refractivity contribution in [3.8, 4) is 0 Å². The Kier molecular flexibility index (Phi) is 5.18. The Morgan fingerprint density at radius 1 is 1.42 bits per heavy atom. The smallest absolute Gasteiger partial charge is 0.170 e. The Morgan fingerprint density at radius 2 is 2.26 bits per heavy atom. The summed E-state index contributed by atoms with van der Waals surface area (Å²) >= 11 is 0. The van der Waals surface area contributed by atoms with E-state index in [0.717, 1.165) is 30.7 Å². The van der Waals surface area contributed by atoms with Crippen LogP contribution in [0.15, 0.2) is 29.4 Å². The van der Waals surface area contributed by atoms with E-state index in [2.05, 4.69) is 10.5 Å². The van der Waals surface area contributed by atoms with Crippen LogP contribution in [0.5, 0.6) is 0 Å². The Morgan fingerprint density at radius 3 is 3.00 bits per heavy atom. The second-order valence-electron chi connectivity index (χ2n) is 4.76. The fraction of sp³-hybridized carbons (Fsp3) is 0.500. The van der Waals surface area contributed by atoms with Gasteiger partial charge in [-0.05, 0) is 24.8 Å². The lowest BCUT2D eigenvalue weighted by atomic mass is 10.1. The fourth-order valence-electron chi connectivity index (χ4n) is 2.31. The van der Waals surface area contributed by atoms with Crippen molar-refractivity contribution in [3.05, 3.63) is 35.4 Å². The molecule has 19 heavy (non-hydrogen) atoms. The molecule has 1 atom stereocenters. The van der Waals surface area contributed by atoms with Crippen molar-refractivity contribution in [2.45, 2.75) is 31.9 Å². The molecule has 0 aromatic heterocycles. The lowest BCUT2D eigenvalue weighted by molar-refractivity contribution is 0.0168. The topological polar surface area (TPSA) is 79.9 Å². The molecule has 0 aliphatic carbocycles. The average molecular weight is 263 g/mol. The standard InChI is InChI=1S/C14H21N3O2/c15-14(17-18)13-7-2-1-5-11(13)9-16-10-12-6-3-4-8-19-12/h1-2,5,7,12,16,18H,3-4,6,8-10H2,(H2,15,17). The first kappa shape index (κ1) is 13.8. The van der Waals surface area contributed by atoms with Crippen molar-refractivity contribution in [1.82, 2.24) is 5.32 Å². The van der Waals surface area contributed by atoms with Crippen LogP contribution in [-0.4, -0.2) is 30.3 Å². The highest BCUT2D eigenvalue weighted by Crippen LogP contribution is 2.12. The minimum absolute atomic E-state index is 0.145. The van der Waals surface area contributed by atoms with Crippen molar-refractivity contribution < 1.29 is 9.94 Å². The summed E-state index contributed by atoms with van der Waals surface area (Å²) in [5.41, 5.74) is 7.44. The van der Waals surface area contributed by atoms with Gasteiger partial charge >= 0.3 is 0 Å². The van der Waals surface area contributed by atoms with E-state index in [1.807, 2.05) is 24.3 Å². The molecule has 0 spiro atoms. The third-order valence-corrected chi connectivity index (χ3v) is 3.36. The van der Waals surface area contributed by atoms with Crippen molar-refractivity contribution >= 4 is 5.84 Å². The molecule has 4 N–H and O–H groups in total. The number of oxime groups is 1. The number of benzene rings is 1. The molecule has 5 nitrogen and oxygen atoms in total. The summed E-state index contributed by atoms with van der Waals surface area (Å²) in [4.78, 5) is 0. The molecule has 2 rings (SSSR count). The number of rotatable bonds is 5. The summed E-state index contributed by atoms with van der Waals surface area (Å²) in [6, 6.07) is 7.65. The molecular formula is C14H21N3O2. The maximum atomic E-state index is 8.76. The van der Waals surface area contributed by atoms with Crippen LogP contribution in [0.2, 0.25) is 0 Å². The monoisotopic (exact) mass is 263 g/mol. The first-order chi connectivity index (χ1) is 9.31. The summed E-state index contributed by atoms with van der Waals surface area (Å²) < 4.78 is 5.66. The molecule has 1 saturated heterocycles. The van der Waals surface area contributed by atoms with E-state index < -0.39 is 0 Å². The van der Waals surface area contributed by atoms with Gasteiger partial charge in [0, 0.05) is 25.3 Å². The predicted molar refractivity (Wildman–Crippen MR) is 74.3 cm³/mol. The summed E-state index contributed by atoms with van der Waals surface area (Å²) in [6.45, 7) is 2.39. The SMILES string of the molecule is NC(=NO)c1ccccc1CNCC1CCCCO1. The number of nitrogens with two attached hydrogens (primary N) is 1. The van der Waals surface area contributed by atoms with Crippen LogP contribution in [0.25, 0.3) is 0 Å². The van der Waals surface area contributed by atoms with Gasteiger partial charge in [-0.25, -0.2) is 0 Å². The van der Waals surface area contributed by atoms with E-state index in [9.17, 15) is 0 Å². The van der Waals surface area contributed by atoms with E-state index >= 15 is 0 Å². The highest BCUT2D eigenvalue weighted by Gasteiger charge is 2.13. The van der Waals surface area contributed by atoms with Crippen LogP contribution in [0.4, 0.5) is 0 Å². The summed E-state index contributed by atoms with van der Waals surface area (Å²) in [5.74, 6) is 0.145. The predicted octanol–water partition coefficient (Wildman–Crippen LogP) is 1.44. The maximum Gasteiger partial charge on any atom is 0.170 e. The number of hydrogen-bond acceptors (Lipinski definition) is 4. The molecule has 0 amide bonds. The van der Waals surface area contributed by atoms with Gasteiger partial charge in [-0.1, -0.05) is 29.4 Å².